The lowest BCUT2D eigenvalue weighted by Gasteiger charge is -2.15. The molecule has 2 rings (SSSR count). The molecule has 0 atom stereocenters. The third-order valence-electron chi connectivity index (χ3n) is 2.31. The van der Waals surface area contributed by atoms with Crippen LogP contribution < -0.4 is 4.74 Å². The Morgan fingerprint density at radius 2 is 1.76 bits per heavy atom. The Bertz CT molecular complexity index is 422. The second kappa shape index (κ2) is 3.99. The van der Waals surface area contributed by atoms with E-state index in [4.69, 9.17) is 9.84 Å². The Balaban J connectivity index is 2.14. The molecule has 1 aromatic carbocycles. The Hall–Kier alpha value is -1.63. The molecule has 7 heteroatoms. The Kier molecular flexibility index (Phi) is 2.78. The molecule has 0 radical (unpaired) electrons. The molecule has 1 aliphatic heterocycles. The lowest BCUT2D eigenvalue weighted by molar-refractivity contribution is -0.166. The number of halogens is 3. The van der Waals surface area contributed by atoms with E-state index in [1.807, 2.05) is 0 Å². The third kappa shape index (κ3) is 2.10. The highest BCUT2D eigenvalue weighted by molar-refractivity contribution is 5.35. The van der Waals surface area contributed by atoms with E-state index >= 15 is 0 Å². The summed E-state index contributed by atoms with van der Waals surface area (Å²) in [6.07, 6.45) is -4.51. The molecule has 1 N–H and O–H groups in total. The lowest BCUT2D eigenvalue weighted by Crippen LogP contribution is -2.29. The molecule has 0 saturated carbocycles. The SMILES string of the molecule is OCCOc1ccc(C2(C(F)(F)F)N=N2)cc1. The highest BCUT2D eigenvalue weighted by atomic mass is 19.4. The first-order valence-electron chi connectivity index (χ1n) is 4.84. The number of hydrogen-bond acceptors (Lipinski definition) is 4. The largest absolute Gasteiger partial charge is 0.491 e. The van der Waals surface area contributed by atoms with Crippen molar-refractivity contribution in [3.05, 3.63) is 29.8 Å². The van der Waals surface area contributed by atoms with E-state index in [9.17, 15) is 13.2 Å². The van der Waals surface area contributed by atoms with E-state index in [1.54, 1.807) is 0 Å². The van der Waals surface area contributed by atoms with Gasteiger partial charge in [-0.25, -0.2) is 0 Å². The van der Waals surface area contributed by atoms with Crippen molar-refractivity contribution in [1.29, 1.82) is 0 Å². The number of ether oxygens (including phenoxy) is 1. The topological polar surface area (TPSA) is 54.2 Å². The molecule has 92 valence electrons. The van der Waals surface area contributed by atoms with Crippen LogP contribution in [0.1, 0.15) is 5.56 Å². The van der Waals surface area contributed by atoms with E-state index in [0.717, 1.165) is 0 Å². The molecular formula is C10H9F3N2O2. The maximum atomic E-state index is 12.6. The van der Waals surface area contributed by atoms with Crippen LogP contribution in [0.4, 0.5) is 13.2 Å². The summed E-state index contributed by atoms with van der Waals surface area (Å²) >= 11 is 0. The molecule has 0 aromatic heterocycles. The summed E-state index contributed by atoms with van der Waals surface area (Å²) in [4.78, 5) is 0. The lowest BCUT2D eigenvalue weighted by atomic mass is 10.0. The smallest absolute Gasteiger partial charge is 0.442 e. The maximum Gasteiger partial charge on any atom is 0.442 e. The third-order valence-corrected chi connectivity index (χ3v) is 2.31. The number of aliphatic hydroxyl groups is 1. The van der Waals surface area contributed by atoms with Crippen LogP contribution in [0, 0.1) is 0 Å². The van der Waals surface area contributed by atoms with Gasteiger partial charge in [-0.1, -0.05) is 12.1 Å². The highest BCUT2D eigenvalue weighted by Crippen LogP contribution is 2.52. The van der Waals surface area contributed by atoms with Crippen molar-refractivity contribution in [2.45, 2.75) is 11.8 Å². The fourth-order valence-electron chi connectivity index (χ4n) is 1.39. The van der Waals surface area contributed by atoms with E-state index < -0.39 is 11.8 Å². The zero-order chi connectivity index (χ0) is 12.5. The quantitative estimate of drug-likeness (QED) is 0.885. The van der Waals surface area contributed by atoms with Gasteiger partial charge in [0.1, 0.15) is 12.4 Å². The molecule has 0 bridgehead atoms. The first-order valence-corrected chi connectivity index (χ1v) is 4.84. The van der Waals surface area contributed by atoms with E-state index in [-0.39, 0.29) is 18.8 Å². The summed E-state index contributed by atoms with van der Waals surface area (Å²) in [5, 5.41) is 14.7. The summed E-state index contributed by atoms with van der Waals surface area (Å²) in [6.45, 7) is -0.0581. The summed E-state index contributed by atoms with van der Waals surface area (Å²) in [6, 6.07) is 5.31. The van der Waals surface area contributed by atoms with Crippen LogP contribution in [0.2, 0.25) is 0 Å². The summed E-state index contributed by atoms with van der Waals surface area (Å²) in [5.41, 5.74) is -2.43. The Morgan fingerprint density at radius 1 is 1.18 bits per heavy atom. The molecule has 0 aliphatic carbocycles. The number of aliphatic hydroxyl groups excluding tert-OH is 1. The standard InChI is InChI=1S/C10H9F3N2O2/c11-10(12,13)9(14-15-9)7-1-3-8(4-2-7)17-6-5-16/h1-4,16H,5-6H2. The van der Waals surface area contributed by atoms with Gasteiger partial charge in [0.05, 0.1) is 6.61 Å². The normalized spacial score (nSPS) is 16.9. The molecule has 17 heavy (non-hydrogen) atoms. The van der Waals surface area contributed by atoms with Crippen LogP contribution in [0.15, 0.2) is 34.5 Å². The predicted molar refractivity (Wildman–Crippen MR) is 51.6 cm³/mol. The van der Waals surface area contributed by atoms with Gasteiger partial charge in [-0.05, 0) is 12.1 Å². The molecule has 1 aromatic rings. The molecule has 0 saturated heterocycles. The van der Waals surface area contributed by atoms with Gasteiger partial charge in [0, 0.05) is 5.56 Å². The maximum absolute atomic E-state index is 12.6. The second-order valence-corrected chi connectivity index (χ2v) is 3.47. The van der Waals surface area contributed by atoms with Gasteiger partial charge in [0.2, 0.25) is 0 Å². The molecule has 0 fully saturated rings. The van der Waals surface area contributed by atoms with E-state index in [2.05, 4.69) is 10.2 Å². The van der Waals surface area contributed by atoms with Gasteiger partial charge in [-0.2, -0.15) is 13.2 Å². The van der Waals surface area contributed by atoms with Crippen LogP contribution >= 0.6 is 0 Å². The number of hydrogen-bond donors (Lipinski definition) is 1. The van der Waals surface area contributed by atoms with Gasteiger partial charge in [0.15, 0.2) is 0 Å². The predicted octanol–water partition coefficient (Wildman–Crippen LogP) is 2.24. The second-order valence-electron chi connectivity index (χ2n) is 3.47. The van der Waals surface area contributed by atoms with Crippen molar-refractivity contribution in [1.82, 2.24) is 0 Å². The van der Waals surface area contributed by atoms with Crippen molar-refractivity contribution >= 4 is 0 Å². The minimum atomic E-state index is -4.51. The van der Waals surface area contributed by atoms with E-state index in [0.29, 0.717) is 5.75 Å². The van der Waals surface area contributed by atoms with Crippen molar-refractivity contribution in [2.24, 2.45) is 10.2 Å². The molecule has 1 heterocycles. The number of nitrogens with zero attached hydrogens (tertiary/aromatic N) is 2. The minimum Gasteiger partial charge on any atom is -0.491 e. The number of alkyl halides is 3. The first-order chi connectivity index (χ1) is 7.99. The Morgan fingerprint density at radius 3 is 2.18 bits per heavy atom. The summed E-state index contributed by atoms with van der Waals surface area (Å²) in [5.74, 6) is 0.390. The monoisotopic (exact) mass is 246 g/mol. The van der Waals surface area contributed by atoms with Gasteiger partial charge >= 0.3 is 11.8 Å². The van der Waals surface area contributed by atoms with Crippen LogP contribution in [0.3, 0.4) is 0 Å². The first kappa shape index (κ1) is 11.8. The molecule has 0 unspecified atom stereocenters. The fraction of sp³-hybridized carbons (Fsp3) is 0.400. The minimum absolute atomic E-state index is 0.0404. The Labute approximate surface area is 94.7 Å². The van der Waals surface area contributed by atoms with Gasteiger partial charge < -0.3 is 9.84 Å². The molecule has 4 nitrogen and oxygen atoms in total. The molecule has 0 amide bonds. The molecule has 1 aliphatic rings. The van der Waals surface area contributed by atoms with Crippen LogP contribution in [0.5, 0.6) is 5.75 Å². The van der Waals surface area contributed by atoms with Gasteiger partial charge in [0.25, 0.3) is 0 Å². The zero-order valence-electron chi connectivity index (χ0n) is 8.61. The van der Waals surface area contributed by atoms with Crippen molar-refractivity contribution in [3.8, 4) is 5.75 Å². The van der Waals surface area contributed by atoms with Crippen LogP contribution in [-0.4, -0.2) is 24.5 Å². The zero-order valence-corrected chi connectivity index (χ0v) is 8.61. The van der Waals surface area contributed by atoms with Gasteiger partial charge in [-0.15, -0.1) is 10.2 Å². The van der Waals surface area contributed by atoms with Crippen molar-refractivity contribution in [2.75, 3.05) is 13.2 Å². The molecular weight excluding hydrogens is 237 g/mol. The molecule has 0 spiro atoms. The van der Waals surface area contributed by atoms with Crippen molar-refractivity contribution in [3.63, 3.8) is 0 Å². The van der Waals surface area contributed by atoms with Crippen LogP contribution in [0.25, 0.3) is 0 Å². The number of benzene rings is 1. The van der Waals surface area contributed by atoms with Crippen molar-refractivity contribution < 1.29 is 23.0 Å². The summed E-state index contributed by atoms with van der Waals surface area (Å²) < 4.78 is 42.9. The van der Waals surface area contributed by atoms with Crippen LogP contribution in [-0.2, 0) is 5.66 Å². The summed E-state index contributed by atoms with van der Waals surface area (Å²) in [7, 11) is 0. The fourth-order valence-corrected chi connectivity index (χ4v) is 1.39. The van der Waals surface area contributed by atoms with E-state index in [1.165, 1.54) is 24.3 Å². The highest BCUT2D eigenvalue weighted by Gasteiger charge is 2.65. The van der Waals surface area contributed by atoms with Gasteiger partial charge in [-0.3, -0.25) is 0 Å². The average Bonchev–Trinajstić information content (AvgIpc) is 3.07. The number of rotatable bonds is 4. The average molecular weight is 246 g/mol.